The maximum Gasteiger partial charge on any atom is 0.321 e. The van der Waals surface area contributed by atoms with Crippen LogP contribution in [0, 0.1) is 10.1 Å². The maximum absolute atomic E-state index is 11.7. The Kier molecular flexibility index (Phi) is 4.43. The van der Waals surface area contributed by atoms with Crippen LogP contribution in [0.5, 0.6) is 0 Å². The number of H-pyrrole nitrogens is 1. The number of carbonyl (C=O) groups excluding carboxylic acids is 1. The molecule has 1 rings (SSSR count). The fourth-order valence-electron chi connectivity index (χ4n) is 1.47. The molecule has 1 amide bonds. The quantitative estimate of drug-likeness (QED) is 0.522. The van der Waals surface area contributed by atoms with Crippen molar-refractivity contribution in [3.8, 4) is 0 Å². The minimum atomic E-state index is -0.581. The largest absolute Gasteiger partial charge is 0.358 e. The Labute approximate surface area is 105 Å². The Morgan fingerprint density at radius 1 is 1.50 bits per heavy atom. The molecule has 7 nitrogen and oxygen atoms in total. The molecule has 0 saturated heterocycles. The summed E-state index contributed by atoms with van der Waals surface area (Å²) in [4.78, 5) is 24.1. The van der Waals surface area contributed by atoms with Crippen molar-refractivity contribution in [1.82, 2.24) is 10.3 Å². The van der Waals surface area contributed by atoms with Gasteiger partial charge in [-0.05, 0) is 23.8 Å². The van der Waals surface area contributed by atoms with Crippen molar-refractivity contribution < 1.29 is 9.72 Å². The van der Waals surface area contributed by atoms with E-state index in [1.54, 1.807) is 0 Å². The molecule has 0 bridgehead atoms. The number of nitro groups is 1. The predicted molar refractivity (Wildman–Crippen MR) is 67.3 cm³/mol. The Morgan fingerprint density at radius 3 is 2.56 bits per heavy atom. The number of nitrogens with one attached hydrogen (secondary N) is 2. The van der Waals surface area contributed by atoms with Gasteiger partial charge in [0.05, 0.1) is 0 Å². The molecule has 100 valence electrons. The van der Waals surface area contributed by atoms with Crippen molar-refractivity contribution in [3.05, 3.63) is 27.9 Å². The third kappa shape index (κ3) is 3.30. The number of nitrogens with zero attached hydrogens (tertiary/aromatic N) is 1. The minimum absolute atomic E-state index is 0.163. The molecule has 0 atom stereocenters. The van der Waals surface area contributed by atoms with E-state index in [1.807, 2.05) is 13.8 Å². The van der Waals surface area contributed by atoms with Crippen molar-refractivity contribution in [2.24, 2.45) is 5.73 Å². The van der Waals surface area contributed by atoms with Crippen LogP contribution < -0.4 is 11.1 Å². The fourth-order valence-corrected chi connectivity index (χ4v) is 1.47. The highest BCUT2D eigenvalue weighted by molar-refractivity contribution is 5.92. The summed E-state index contributed by atoms with van der Waals surface area (Å²) in [5.74, 6) is -0.593. The zero-order chi connectivity index (χ0) is 13.8. The number of rotatable bonds is 6. The van der Waals surface area contributed by atoms with Crippen molar-refractivity contribution in [3.63, 3.8) is 0 Å². The summed E-state index contributed by atoms with van der Waals surface area (Å²) in [6, 6.07) is 2.63. The van der Waals surface area contributed by atoms with E-state index in [-0.39, 0.29) is 17.4 Å². The minimum Gasteiger partial charge on any atom is -0.358 e. The van der Waals surface area contributed by atoms with Crippen LogP contribution in [0.4, 0.5) is 5.82 Å². The van der Waals surface area contributed by atoms with Gasteiger partial charge in [-0.1, -0.05) is 13.8 Å². The highest BCUT2D eigenvalue weighted by Gasteiger charge is 2.22. The molecule has 18 heavy (non-hydrogen) atoms. The van der Waals surface area contributed by atoms with E-state index in [0.717, 1.165) is 12.8 Å². The van der Waals surface area contributed by atoms with Gasteiger partial charge in [0.2, 0.25) is 0 Å². The first-order valence-electron chi connectivity index (χ1n) is 5.82. The van der Waals surface area contributed by atoms with Crippen LogP contribution in [0.15, 0.2) is 12.1 Å². The van der Waals surface area contributed by atoms with Gasteiger partial charge in [-0.3, -0.25) is 4.79 Å². The normalized spacial score (nSPS) is 11.3. The SMILES string of the molecule is CCC(N)(CC)CNC(=O)c1ccc([N+](=O)[O-])[nH]1. The average Bonchev–Trinajstić information content (AvgIpc) is 2.85. The lowest BCUT2D eigenvalue weighted by Crippen LogP contribution is -2.49. The number of nitrogens with two attached hydrogens (primary N) is 1. The first kappa shape index (κ1) is 14.2. The van der Waals surface area contributed by atoms with Gasteiger partial charge in [-0.15, -0.1) is 0 Å². The van der Waals surface area contributed by atoms with E-state index < -0.39 is 10.5 Å². The topological polar surface area (TPSA) is 114 Å². The van der Waals surface area contributed by atoms with Gasteiger partial charge in [-0.25, -0.2) is 4.98 Å². The third-order valence-electron chi connectivity index (χ3n) is 3.12. The zero-order valence-electron chi connectivity index (χ0n) is 10.5. The molecule has 0 aliphatic heterocycles. The molecule has 0 aliphatic carbocycles. The van der Waals surface area contributed by atoms with Gasteiger partial charge < -0.3 is 21.2 Å². The molecule has 4 N–H and O–H groups in total. The molecular formula is C11H18N4O3. The second kappa shape index (κ2) is 5.63. The predicted octanol–water partition coefficient (Wildman–Crippen LogP) is 1.17. The van der Waals surface area contributed by atoms with Gasteiger partial charge in [0.25, 0.3) is 5.91 Å². The number of aromatic nitrogens is 1. The summed E-state index contributed by atoms with van der Waals surface area (Å²) < 4.78 is 0. The van der Waals surface area contributed by atoms with Gasteiger partial charge in [0.1, 0.15) is 0 Å². The fraction of sp³-hybridized carbons (Fsp3) is 0.545. The first-order valence-corrected chi connectivity index (χ1v) is 5.82. The number of hydrogen-bond donors (Lipinski definition) is 3. The Hall–Kier alpha value is -1.89. The summed E-state index contributed by atoms with van der Waals surface area (Å²) >= 11 is 0. The number of amides is 1. The Balaban J connectivity index is 2.62. The van der Waals surface area contributed by atoms with Crippen LogP contribution in [0.2, 0.25) is 0 Å². The van der Waals surface area contributed by atoms with E-state index in [4.69, 9.17) is 5.73 Å². The molecule has 0 spiro atoms. The van der Waals surface area contributed by atoms with Crippen LogP contribution in [-0.4, -0.2) is 27.9 Å². The molecule has 0 radical (unpaired) electrons. The molecule has 0 saturated carbocycles. The van der Waals surface area contributed by atoms with E-state index >= 15 is 0 Å². The first-order chi connectivity index (χ1) is 8.41. The van der Waals surface area contributed by atoms with Crippen molar-refractivity contribution in [1.29, 1.82) is 0 Å². The highest BCUT2D eigenvalue weighted by atomic mass is 16.6. The Morgan fingerprint density at radius 2 is 2.11 bits per heavy atom. The average molecular weight is 254 g/mol. The number of hydrogen-bond acceptors (Lipinski definition) is 4. The van der Waals surface area contributed by atoms with Gasteiger partial charge in [0.15, 0.2) is 5.69 Å². The summed E-state index contributed by atoms with van der Waals surface area (Å²) in [7, 11) is 0. The summed E-state index contributed by atoms with van der Waals surface area (Å²) in [5.41, 5.74) is 5.77. The standard InChI is InChI=1S/C11H18N4O3/c1-3-11(12,4-2)7-13-10(16)8-5-6-9(14-8)15(17)18/h5-6,14H,3-4,7,12H2,1-2H3,(H,13,16). The molecule has 1 aromatic rings. The monoisotopic (exact) mass is 254 g/mol. The maximum atomic E-state index is 11.7. The van der Waals surface area contributed by atoms with Crippen molar-refractivity contribution >= 4 is 11.7 Å². The number of carbonyl (C=O) groups is 1. The van der Waals surface area contributed by atoms with Gasteiger partial charge in [0, 0.05) is 18.2 Å². The van der Waals surface area contributed by atoms with Crippen LogP contribution in [0.3, 0.4) is 0 Å². The van der Waals surface area contributed by atoms with Crippen LogP contribution in [0.25, 0.3) is 0 Å². The van der Waals surface area contributed by atoms with Gasteiger partial charge >= 0.3 is 5.82 Å². The molecule has 0 aromatic carbocycles. The second-order valence-corrected chi connectivity index (χ2v) is 4.27. The van der Waals surface area contributed by atoms with E-state index in [2.05, 4.69) is 10.3 Å². The second-order valence-electron chi connectivity index (χ2n) is 4.27. The van der Waals surface area contributed by atoms with Crippen LogP contribution in [0.1, 0.15) is 37.2 Å². The Bertz CT molecular complexity index is 437. The molecule has 0 unspecified atom stereocenters. The van der Waals surface area contributed by atoms with E-state index in [0.29, 0.717) is 6.54 Å². The van der Waals surface area contributed by atoms with Crippen molar-refractivity contribution in [2.75, 3.05) is 6.54 Å². The van der Waals surface area contributed by atoms with Crippen LogP contribution in [-0.2, 0) is 0 Å². The molecule has 0 fully saturated rings. The zero-order valence-corrected chi connectivity index (χ0v) is 10.5. The number of aromatic amines is 1. The van der Waals surface area contributed by atoms with E-state index in [9.17, 15) is 14.9 Å². The smallest absolute Gasteiger partial charge is 0.321 e. The molecule has 0 aliphatic rings. The van der Waals surface area contributed by atoms with E-state index in [1.165, 1.54) is 12.1 Å². The molecular weight excluding hydrogens is 236 g/mol. The third-order valence-corrected chi connectivity index (χ3v) is 3.12. The molecule has 1 heterocycles. The van der Waals surface area contributed by atoms with Gasteiger partial charge in [-0.2, -0.15) is 0 Å². The lowest BCUT2D eigenvalue weighted by Gasteiger charge is -2.26. The van der Waals surface area contributed by atoms with Crippen molar-refractivity contribution in [2.45, 2.75) is 32.2 Å². The highest BCUT2D eigenvalue weighted by Crippen LogP contribution is 2.12. The lowest BCUT2D eigenvalue weighted by atomic mass is 9.94. The summed E-state index contributed by atoms with van der Waals surface area (Å²) in [6.45, 7) is 4.25. The molecule has 7 heteroatoms. The summed E-state index contributed by atoms with van der Waals surface area (Å²) in [5, 5.41) is 13.1. The summed E-state index contributed by atoms with van der Waals surface area (Å²) in [6.07, 6.45) is 1.49. The lowest BCUT2D eigenvalue weighted by molar-refractivity contribution is -0.389. The molecule has 1 aromatic heterocycles. The van der Waals surface area contributed by atoms with Crippen LogP contribution >= 0.6 is 0 Å².